The first-order valence-electron chi connectivity index (χ1n) is 10.7. The third kappa shape index (κ3) is 6.55. The van der Waals surface area contributed by atoms with Gasteiger partial charge in [0.15, 0.2) is 0 Å². The van der Waals surface area contributed by atoms with Gasteiger partial charge in [-0.05, 0) is 40.6 Å². The fourth-order valence-electron chi connectivity index (χ4n) is 3.57. The van der Waals surface area contributed by atoms with E-state index in [0.29, 0.717) is 19.4 Å². The fourth-order valence-corrected chi connectivity index (χ4v) is 3.57. The van der Waals surface area contributed by atoms with Crippen molar-refractivity contribution in [3.63, 3.8) is 0 Å². The van der Waals surface area contributed by atoms with Gasteiger partial charge in [0.2, 0.25) is 0 Å². The molecule has 4 heteroatoms. The average Bonchev–Trinajstić information content (AvgIpc) is 2.79. The number of ether oxygens (including phenoxy) is 1. The van der Waals surface area contributed by atoms with Crippen LogP contribution < -0.4 is 0 Å². The van der Waals surface area contributed by atoms with E-state index in [1.807, 2.05) is 67.6 Å². The van der Waals surface area contributed by atoms with Gasteiger partial charge in [-0.25, -0.2) is 0 Å². The summed E-state index contributed by atoms with van der Waals surface area (Å²) >= 11 is 0. The minimum absolute atomic E-state index is 0.207. The number of hydrogen-bond donors (Lipinski definition) is 3. The van der Waals surface area contributed by atoms with E-state index >= 15 is 0 Å². The first kappa shape index (κ1) is 22.8. The zero-order valence-electron chi connectivity index (χ0n) is 17.9. The van der Waals surface area contributed by atoms with E-state index in [-0.39, 0.29) is 12.4 Å². The summed E-state index contributed by atoms with van der Waals surface area (Å²) in [5.41, 5.74) is 6.08. The van der Waals surface area contributed by atoms with Crippen LogP contribution in [0.25, 0.3) is 10.8 Å². The summed E-state index contributed by atoms with van der Waals surface area (Å²) in [6, 6.07) is 20.8. The van der Waals surface area contributed by atoms with Gasteiger partial charge in [-0.15, -0.1) is 5.73 Å². The molecule has 0 bridgehead atoms. The number of benzene rings is 3. The van der Waals surface area contributed by atoms with Crippen LogP contribution in [0, 0.1) is 0 Å². The molecule has 0 aliphatic rings. The molecule has 0 radical (unpaired) electrons. The van der Waals surface area contributed by atoms with E-state index in [9.17, 15) is 15.3 Å². The number of phenolic OH excluding ortho intramolecular Hbond substituents is 1. The second-order valence-corrected chi connectivity index (χ2v) is 7.64. The van der Waals surface area contributed by atoms with Crippen molar-refractivity contribution in [2.45, 2.75) is 45.0 Å². The van der Waals surface area contributed by atoms with E-state index in [1.54, 1.807) is 12.1 Å². The molecule has 3 aromatic carbocycles. The summed E-state index contributed by atoms with van der Waals surface area (Å²) < 4.78 is 5.62. The maximum absolute atomic E-state index is 10.7. The van der Waals surface area contributed by atoms with Gasteiger partial charge in [0.05, 0.1) is 25.4 Å². The van der Waals surface area contributed by atoms with Crippen molar-refractivity contribution in [1.82, 2.24) is 0 Å². The molecule has 0 aliphatic heterocycles. The van der Waals surface area contributed by atoms with Gasteiger partial charge in [0.1, 0.15) is 5.75 Å². The molecule has 31 heavy (non-hydrogen) atoms. The highest BCUT2D eigenvalue weighted by Gasteiger charge is 2.12. The molecule has 162 valence electrons. The Kier molecular flexibility index (Phi) is 8.45. The second-order valence-electron chi connectivity index (χ2n) is 7.64. The number of aromatic hydroxyl groups is 1. The number of phenols is 1. The molecule has 0 saturated carbocycles. The van der Waals surface area contributed by atoms with Gasteiger partial charge in [-0.2, -0.15) is 0 Å². The fraction of sp³-hybridized carbons (Fsp3) is 0.296. The highest BCUT2D eigenvalue weighted by atomic mass is 16.5. The van der Waals surface area contributed by atoms with Crippen LogP contribution in [0.3, 0.4) is 0 Å². The molecule has 0 spiro atoms. The second kappa shape index (κ2) is 11.5. The molecule has 2 atom stereocenters. The molecule has 0 aromatic heterocycles. The van der Waals surface area contributed by atoms with Crippen LogP contribution in [0.15, 0.2) is 84.1 Å². The van der Waals surface area contributed by atoms with E-state index in [2.05, 4.69) is 5.73 Å². The number of fused-ring (bicyclic) bond motifs is 1. The van der Waals surface area contributed by atoms with Gasteiger partial charge in [0, 0.05) is 18.2 Å². The van der Waals surface area contributed by atoms with Crippen LogP contribution in [0.2, 0.25) is 0 Å². The molecule has 0 fully saturated rings. The smallest absolute Gasteiger partial charge is 0.123 e. The molecule has 0 aliphatic carbocycles. The number of rotatable bonds is 10. The van der Waals surface area contributed by atoms with Gasteiger partial charge < -0.3 is 20.1 Å². The van der Waals surface area contributed by atoms with Crippen LogP contribution in [-0.2, 0) is 11.3 Å². The highest BCUT2D eigenvalue weighted by molar-refractivity contribution is 5.91. The lowest BCUT2D eigenvalue weighted by molar-refractivity contribution is 0.0286. The van der Waals surface area contributed by atoms with Crippen molar-refractivity contribution in [2.24, 2.45) is 0 Å². The minimum atomic E-state index is -0.699. The summed E-state index contributed by atoms with van der Waals surface area (Å²) in [6.45, 7) is 2.77. The maximum atomic E-state index is 10.7. The predicted molar refractivity (Wildman–Crippen MR) is 124 cm³/mol. The number of hydrogen-bond acceptors (Lipinski definition) is 4. The quantitative estimate of drug-likeness (QED) is 0.384. The van der Waals surface area contributed by atoms with Crippen molar-refractivity contribution >= 4 is 10.8 Å². The van der Waals surface area contributed by atoms with Crippen LogP contribution in [0.1, 0.15) is 43.4 Å². The summed E-state index contributed by atoms with van der Waals surface area (Å²) in [4.78, 5) is 0. The average molecular weight is 419 g/mol. The molecular weight excluding hydrogens is 388 g/mol. The van der Waals surface area contributed by atoms with Crippen molar-refractivity contribution in [3.05, 3.63) is 95.2 Å². The zero-order valence-corrected chi connectivity index (χ0v) is 17.9. The lowest BCUT2D eigenvalue weighted by Crippen LogP contribution is -2.15. The Morgan fingerprint density at radius 2 is 1.68 bits per heavy atom. The SMILES string of the molecule is CCC(=C=CC[C@@H](O)c1ccc(O)c2ccccc12)C[C@@H](O)COCc1ccccc1. The lowest BCUT2D eigenvalue weighted by Gasteiger charge is -2.13. The molecule has 0 saturated heterocycles. The van der Waals surface area contributed by atoms with Gasteiger partial charge in [-0.3, -0.25) is 0 Å². The van der Waals surface area contributed by atoms with E-state index in [0.717, 1.165) is 33.9 Å². The molecule has 4 nitrogen and oxygen atoms in total. The van der Waals surface area contributed by atoms with Crippen LogP contribution in [-0.4, -0.2) is 28.0 Å². The highest BCUT2D eigenvalue weighted by Crippen LogP contribution is 2.32. The Labute approximate surface area is 183 Å². The Bertz CT molecular complexity index is 1040. The molecule has 3 rings (SSSR count). The molecule has 0 amide bonds. The molecule has 0 heterocycles. The van der Waals surface area contributed by atoms with Gasteiger partial charge in [0.25, 0.3) is 0 Å². The number of aliphatic hydroxyl groups is 2. The third-order valence-electron chi connectivity index (χ3n) is 5.27. The van der Waals surface area contributed by atoms with E-state index < -0.39 is 12.2 Å². The number of aliphatic hydroxyl groups excluding tert-OH is 2. The Hall–Kier alpha value is -2.88. The van der Waals surface area contributed by atoms with Crippen LogP contribution >= 0.6 is 0 Å². The summed E-state index contributed by atoms with van der Waals surface area (Å²) in [7, 11) is 0. The predicted octanol–water partition coefficient (Wildman–Crippen LogP) is 5.43. The Morgan fingerprint density at radius 3 is 2.42 bits per heavy atom. The zero-order chi connectivity index (χ0) is 22.1. The largest absolute Gasteiger partial charge is 0.507 e. The molecule has 0 unspecified atom stereocenters. The van der Waals surface area contributed by atoms with E-state index in [4.69, 9.17) is 4.74 Å². The Morgan fingerprint density at radius 1 is 0.968 bits per heavy atom. The van der Waals surface area contributed by atoms with Crippen molar-refractivity contribution < 1.29 is 20.1 Å². The maximum Gasteiger partial charge on any atom is 0.123 e. The van der Waals surface area contributed by atoms with E-state index in [1.165, 1.54) is 0 Å². The minimum Gasteiger partial charge on any atom is -0.507 e. The normalized spacial score (nSPS) is 12.9. The summed E-state index contributed by atoms with van der Waals surface area (Å²) in [5.74, 6) is 0.207. The van der Waals surface area contributed by atoms with Crippen LogP contribution in [0.4, 0.5) is 0 Å². The standard InChI is InChI=1S/C27H30O4/c1-2-20(17-22(28)19-31-18-21-9-4-3-5-10-21)11-8-14-26(29)25-15-16-27(30)24-13-7-6-12-23(24)25/h3-10,12-13,15-16,22,26,28-30H,2,14,17-19H2,1H3/t11?,22-,26-/m1/s1. The van der Waals surface area contributed by atoms with Gasteiger partial charge in [-0.1, -0.05) is 67.6 Å². The molecule has 3 N–H and O–H groups in total. The Balaban J connectivity index is 1.57. The molecular formula is C27H30O4. The van der Waals surface area contributed by atoms with Gasteiger partial charge >= 0.3 is 0 Å². The van der Waals surface area contributed by atoms with Crippen LogP contribution in [0.5, 0.6) is 5.75 Å². The monoisotopic (exact) mass is 418 g/mol. The van der Waals surface area contributed by atoms with Crippen molar-refractivity contribution in [3.8, 4) is 5.75 Å². The lowest BCUT2D eigenvalue weighted by atomic mass is 9.98. The summed E-state index contributed by atoms with van der Waals surface area (Å²) in [5, 5.41) is 32.6. The topological polar surface area (TPSA) is 69.9 Å². The first-order valence-corrected chi connectivity index (χ1v) is 10.7. The van der Waals surface area contributed by atoms with Crippen molar-refractivity contribution in [2.75, 3.05) is 6.61 Å². The summed E-state index contributed by atoms with van der Waals surface area (Å²) in [6.07, 6.45) is 2.19. The third-order valence-corrected chi connectivity index (χ3v) is 5.27. The first-order chi connectivity index (χ1) is 15.1. The molecule has 3 aromatic rings. The van der Waals surface area contributed by atoms with Crippen molar-refractivity contribution in [1.29, 1.82) is 0 Å².